The second-order valence-corrected chi connectivity index (χ2v) is 6.10. The SMILES string of the molecule is CC(c1ccccc1)C(CSC(=O)c1ccccc1)C(=O)O. The van der Waals surface area contributed by atoms with Crippen LogP contribution in [0.4, 0.5) is 0 Å². The van der Waals surface area contributed by atoms with E-state index in [1.165, 1.54) is 0 Å². The van der Waals surface area contributed by atoms with Crippen LogP contribution in [0.2, 0.25) is 0 Å². The van der Waals surface area contributed by atoms with Crippen molar-refractivity contribution in [2.24, 2.45) is 5.92 Å². The summed E-state index contributed by atoms with van der Waals surface area (Å²) in [7, 11) is 0. The molecular formula is C18H18O3S. The molecule has 0 fully saturated rings. The van der Waals surface area contributed by atoms with E-state index in [9.17, 15) is 14.7 Å². The Bertz CT molecular complexity index is 625. The quantitative estimate of drug-likeness (QED) is 0.873. The number of carbonyl (C=O) groups excluding carboxylic acids is 1. The lowest BCUT2D eigenvalue weighted by Crippen LogP contribution is -2.23. The fourth-order valence-corrected chi connectivity index (χ4v) is 3.31. The van der Waals surface area contributed by atoms with Gasteiger partial charge in [0.05, 0.1) is 5.92 Å². The maximum atomic E-state index is 12.1. The van der Waals surface area contributed by atoms with Gasteiger partial charge in [0.1, 0.15) is 0 Å². The third-order valence-corrected chi connectivity index (χ3v) is 4.67. The number of carbonyl (C=O) groups is 2. The van der Waals surface area contributed by atoms with Gasteiger partial charge in [-0.2, -0.15) is 0 Å². The van der Waals surface area contributed by atoms with Crippen LogP contribution in [0, 0.1) is 5.92 Å². The van der Waals surface area contributed by atoms with Gasteiger partial charge in [0.2, 0.25) is 5.12 Å². The first kappa shape index (κ1) is 16.3. The summed E-state index contributed by atoms with van der Waals surface area (Å²) in [5.41, 5.74) is 1.58. The molecule has 114 valence electrons. The fraction of sp³-hybridized carbons (Fsp3) is 0.222. The van der Waals surface area contributed by atoms with Crippen molar-refractivity contribution in [3.8, 4) is 0 Å². The summed E-state index contributed by atoms with van der Waals surface area (Å²) in [5, 5.41) is 9.37. The zero-order valence-corrected chi connectivity index (χ0v) is 13.1. The Labute approximate surface area is 134 Å². The Morgan fingerprint density at radius 2 is 1.55 bits per heavy atom. The molecule has 2 aromatic rings. The van der Waals surface area contributed by atoms with Crippen LogP contribution in [0.25, 0.3) is 0 Å². The Morgan fingerprint density at radius 3 is 2.09 bits per heavy atom. The van der Waals surface area contributed by atoms with E-state index >= 15 is 0 Å². The zero-order valence-electron chi connectivity index (χ0n) is 12.3. The van der Waals surface area contributed by atoms with E-state index in [2.05, 4.69) is 0 Å². The van der Waals surface area contributed by atoms with Gasteiger partial charge < -0.3 is 5.11 Å². The second kappa shape index (κ2) is 7.80. The van der Waals surface area contributed by atoms with Gasteiger partial charge in [0, 0.05) is 11.3 Å². The molecule has 2 aromatic carbocycles. The van der Waals surface area contributed by atoms with E-state index in [-0.39, 0.29) is 16.8 Å². The van der Waals surface area contributed by atoms with Gasteiger partial charge in [-0.05, 0) is 11.5 Å². The van der Waals surface area contributed by atoms with Gasteiger partial charge in [0.25, 0.3) is 0 Å². The molecule has 0 spiro atoms. The first-order valence-electron chi connectivity index (χ1n) is 7.09. The van der Waals surface area contributed by atoms with Crippen LogP contribution in [0.3, 0.4) is 0 Å². The molecule has 0 aliphatic rings. The maximum absolute atomic E-state index is 12.1. The van der Waals surface area contributed by atoms with Gasteiger partial charge in [-0.3, -0.25) is 9.59 Å². The van der Waals surface area contributed by atoms with E-state index in [0.717, 1.165) is 17.3 Å². The molecule has 2 rings (SSSR count). The molecule has 3 nitrogen and oxygen atoms in total. The molecule has 0 amide bonds. The number of hydrogen-bond donors (Lipinski definition) is 1. The first-order chi connectivity index (χ1) is 10.6. The molecule has 2 unspecified atom stereocenters. The van der Waals surface area contributed by atoms with E-state index in [1.807, 2.05) is 43.3 Å². The van der Waals surface area contributed by atoms with Crippen LogP contribution in [-0.4, -0.2) is 21.9 Å². The highest BCUT2D eigenvalue weighted by molar-refractivity contribution is 8.14. The van der Waals surface area contributed by atoms with Crippen LogP contribution < -0.4 is 0 Å². The number of aliphatic carboxylic acids is 1. The molecule has 0 aliphatic heterocycles. The summed E-state index contributed by atoms with van der Waals surface area (Å²) in [6.07, 6.45) is 0. The summed E-state index contributed by atoms with van der Waals surface area (Å²) in [6.45, 7) is 1.89. The number of carboxylic acids is 1. The molecule has 0 saturated heterocycles. The maximum Gasteiger partial charge on any atom is 0.307 e. The van der Waals surface area contributed by atoms with Gasteiger partial charge in [-0.25, -0.2) is 0 Å². The molecule has 1 N–H and O–H groups in total. The van der Waals surface area contributed by atoms with Crippen molar-refractivity contribution in [2.45, 2.75) is 12.8 Å². The van der Waals surface area contributed by atoms with Gasteiger partial charge in [0.15, 0.2) is 0 Å². The van der Waals surface area contributed by atoms with Crippen LogP contribution in [0.1, 0.15) is 28.8 Å². The monoisotopic (exact) mass is 314 g/mol. The zero-order chi connectivity index (χ0) is 15.9. The molecule has 0 aliphatic carbocycles. The number of benzene rings is 2. The predicted molar refractivity (Wildman–Crippen MR) is 89.2 cm³/mol. The molecule has 0 aromatic heterocycles. The topological polar surface area (TPSA) is 54.4 Å². The lowest BCUT2D eigenvalue weighted by atomic mass is 9.89. The van der Waals surface area contributed by atoms with E-state index in [4.69, 9.17) is 0 Å². The minimum Gasteiger partial charge on any atom is -0.481 e. The minimum absolute atomic E-state index is 0.0906. The van der Waals surface area contributed by atoms with Crippen molar-refractivity contribution in [3.05, 3.63) is 71.8 Å². The number of rotatable bonds is 6. The summed E-state index contributed by atoms with van der Waals surface area (Å²) in [5.74, 6) is -1.35. The van der Waals surface area contributed by atoms with Crippen LogP contribution in [0.15, 0.2) is 60.7 Å². The summed E-state index contributed by atoms with van der Waals surface area (Å²) < 4.78 is 0. The smallest absolute Gasteiger partial charge is 0.307 e. The Kier molecular flexibility index (Phi) is 5.78. The first-order valence-corrected chi connectivity index (χ1v) is 8.08. The average molecular weight is 314 g/mol. The molecular weight excluding hydrogens is 296 g/mol. The minimum atomic E-state index is -0.871. The lowest BCUT2D eigenvalue weighted by Gasteiger charge is -2.20. The van der Waals surface area contributed by atoms with Crippen LogP contribution in [-0.2, 0) is 4.79 Å². The lowest BCUT2D eigenvalue weighted by molar-refractivity contribution is -0.141. The number of carboxylic acid groups (broad SMARTS) is 1. The number of hydrogen-bond acceptors (Lipinski definition) is 3. The van der Waals surface area contributed by atoms with Gasteiger partial charge in [-0.1, -0.05) is 79.3 Å². The summed E-state index contributed by atoms with van der Waals surface area (Å²) in [6, 6.07) is 18.5. The highest BCUT2D eigenvalue weighted by Crippen LogP contribution is 2.28. The Hall–Kier alpha value is -2.07. The highest BCUT2D eigenvalue weighted by Gasteiger charge is 2.27. The normalized spacial score (nSPS) is 13.3. The van der Waals surface area contributed by atoms with E-state index < -0.39 is 11.9 Å². The largest absolute Gasteiger partial charge is 0.481 e. The van der Waals surface area contributed by atoms with Crippen molar-refractivity contribution in [1.82, 2.24) is 0 Å². The van der Waals surface area contributed by atoms with E-state index in [0.29, 0.717) is 5.56 Å². The van der Waals surface area contributed by atoms with Crippen molar-refractivity contribution >= 4 is 22.8 Å². The summed E-state index contributed by atoms with van der Waals surface area (Å²) in [4.78, 5) is 23.6. The highest BCUT2D eigenvalue weighted by atomic mass is 32.2. The Morgan fingerprint density at radius 1 is 1.00 bits per heavy atom. The molecule has 0 saturated carbocycles. The molecule has 4 heteroatoms. The third kappa shape index (κ3) is 4.21. The Balaban J connectivity index is 2.04. The molecule has 2 atom stereocenters. The van der Waals surface area contributed by atoms with Crippen LogP contribution >= 0.6 is 11.8 Å². The van der Waals surface area contributed by atoms with Crippen molar-refractivity contribution in [1.29, 1.82) is 0 Å². The average Bonchev–Trinajstić information content (AvgIpc) is 2.56. The third-order valence-electron chi connectivity index (χ3n) is 3.65. The number of thioether (sulfide) groups is 1. The molecule has 0 heterocycles. The molecule has 0 bridgehead atoms. The van der Waals surface area contributed by atoms with E-state index in [1.54, 1.807) is 24.3 Å². The fourth-order valence-electron chi connectivity index (χ4n) is 2.24. The van der Waals surface area contributed by atoms with Gasteiger partial charge in [-0.15, -0.1) is 0 Å². The second-order valence-electron chi connectivity index (χ2n) is 5.11. The summed E-state index contributed by atoms with van der Waals surface area (Å²) >= 11 is 1.07. The molecule has 22 heavy (non-hydrogen) atoms. The van der Waals surface area contributed by atoms with Crippen molar-refractivity contribution in [2.75, 3.05) is 5.75 Å². The van der Waals surface area contributed by atoms with Gasteiger partial charge >= 0.3 is 5.97 Å². The van der Waals surface area contributed by atoms with Crippen molar-refractivity contribution in [3.63, 3.8) is 0 Å². The van der Waals surface area contributed by atoms with Crippen molar-refractivity contribution < 1.29 is 14.7 Å². The molecule has 0 radical (unpaired) electrons. The standard InChI is InChI=1S/C18H18O3S/c1-13(14-8-4-2-5-9-14)16(17(19)20)12-22-18(21)15-10-6-3-7-11-15/h2-11,13,16H,12H2,1H3,(H,19,20). The predicted octanol–water partition coefficient (Wildman–Crippen LogP) is 4.06. The van der Waals surface area contributed by atoms with Crippen LogP contribution in [0.5, 0.6) is 0 Å².